The third kappa shape index (κ3) is 3.65. The molecule has 1 heterocycles. The molecule has 0 radical (unpaired) electrons. The predicted molar refractivity (Wildman–Crippen MR) is 85.2 cm³/mol. The second-order valence-electron chi connectivity index (χ2n) is 4.74. The van der Waals surface area contributed by atoms with Gasteiger partial charge in [0.15, 0.2) is 12.4 Å². The highest BCUT2D eigenvalue weighted by atomic mass is 79.9. The van der Waals surface area contributed by atoms with Gasteiger partial charge in [-0.05, 0) is 18.2 Å². The number of carbonyl (C=O) groups is 1. The number of esters is 1. The van der Waals surface area contributed by atoms with E-state index in [9.17, 15) is 9.18 Å². The van der Waals surface area contributed by atoms with Gasteiger partial charge in [0.2, 0.25) is 0 Å². The number of carbonyl (C=O) groups excluding carboxylic acids is 1. The first kappa shape index (κ1) is 15.4. The molecule has 6 heteroatoms. The van der Waals surface area contributed by atoms with Crippen molar-refractivity contribution in [1.82, 2.24) is 5.16 Å². The Balaban J connectivity index is 1.67. The Morgan fingerprint density at radius 3 is 2.70 bits per heavy atom. The number of rotatable bonds is 4. The summed E-state index contributed by atoms with van der Waals surface area (Å²) >= 11 is 3.13. The summed E-state index contributed by atoms with van der Waals surface area (Å²) in [7, 11) is 0. The Morgan fingerprint density at radius 1 is 1.17 bits per heavy atom. The minimum Gasteiger partial charge on any atom is -0.454 e. The summed E-state index contributed by atoms with van der Waals surface area (Å²) in [6.07, 6.45) is 0. The van der Waals surface area contributed by atoms with Crippen LogP contribution in [0, 0.1) is 5.82 Å². The maximum Gasteiger partial charge on any atom is 0.341 e. The van der Waals surface area contributed by atoms with Crippen LogP contribution in [0.1, 0.15) is 16.1 Å². The Morgan fingerprint density at radius 2 is 1.96 bits per heavy atom. The van der Waals surface area contributed by atoms with Crippen molar-refractivity contribution in [2.75, 3.05) is 0 Å². The molecule has 3 rings (SSSR count). The summed E-state index contributed by atoms with van der Waals surface area (Å²) in [5, 5.41) is 3.92. The van der Waals surface area contributed by atoms with E-state index < -0.39 is 11.8 Å². The molecule has 0 saturated carbocycles. The molecule has 0 saturated heterocycles. The Bertz CT molecular complexity index is 833. The van der Waals surface area contributed by atoms with E-state index in [1.807, 2.05) is 30.3 Å². The van der Waals surface area contributed by atoms with Crippen LogP contribution in [0.2, 0.25) is 0 Å². The number of hydrogen-bond donors (Lipinski definition) is 0. The third-order valence-electron chi connectivity index (χ3n) is 3.13. The molecule has 0 amide bonds. The van der Waals surface area contributed by atoms with Crippen LogP contribution in [-0.2, 0) is 11.3 Å². The van der Waals surface area contributed by atoms with Gasteiger partial charge in [-0.25, -0.2) is 9.18 Å². The minimum absolute atomic E-state index is 0.117. The molecule has 0 aliphatic heterocycles. The van der Waals surface area contributed by atoms with Gasteiger partial charge in [-0.1, -0.05) is 51.4 Å². The first-order valence-corrected chi connectivity index (χ1v) is 7.56. The minimum atomic E-state index is -0.757. The summed E-state index contributed by atoms with van der Waals surface area (Å²) in [4.78, 5) is 11.9. The van der Waals surface area contributed by atoms with Crippen LogP contribution >= 0.6 is 15.9 Å². The molecule has 1 aromatic heterocycles. The molecule has 0 fully saturated rings. The fraction of sp³-hybridized carbons (Fsp3) is 0.0588. The SMILES string of the molecule is O=C(OCc1cc(-c2ccccc2)no1)c1ccc(Br)cc1F. The van der Waals surface area contributed by atoms with E-state index in [0.717, 1.165) is 5.56 Å². The standard InChI is InChI=1S/C17H11BrFNO3/c18-12-6-7-14(15(19)8-12)17(21)22-10-13-9-16(20-23-13)11-4-2-1-3-5-11/h1-9H,10H2. The van der Waals surface area contributed by atoms with Crippen LogP contribution in [0.25, 0.3) is 11.3 Å². The molecule has 116 valence electrons. The van der Waals surface area contributed by atoms with Gasteiger partial charge in [-0.2, -0.15) is 0 Å². The average Bonchev–Trinajstić information content (AvgIpc) is 3.02. The summed E-state index contributed by atoms with van der Waals surface area (Å²) in [5.74, 6) is -1.02. The lowest BCUT2D eigenvalue weighted by Gasteiger charge is -2.03. The van der Waals surface area contributed by atoms with E-state index in [2.05, 4.69) is 21.1 Å². The lowest BCUT2D eigenvalue weighted by molar-refractivity contribution is 0.0432. The van der Waals surface area contributed by atoms with E-state index in [4.69, 9.17) is 9.26 Å². The molecule has 0 aliphatic rings. The highest BCUT2D eigenvalue weighted by Gasteiger charge is 2.15. The molecule has 0 unspecified atom stereocenters. The predicted octanol–water partition coefficient (Wildman–Crippen LogP) is 4.60. The zero-order valence-corrected chi connectivity index (χ0v) is 13.4. The number of nitrogens with zero attached hydrogens (tertiary/aromatic N) is 1. The lowest BCUT2D eigenvalue weighted by atomic mass is 10.1. The zero-order chi connectivity index (χ0) is 16.2. The fourth-order valence-corrected chi connectivity index (χ4v) is 2.33. The van der Waals surface area contributed by atoms with E-state index in [0.29, 0.717) is 15.9 Å². The molecule has 23 heavy (non-hydrogen) atoms. The Hall–Kier alpha value is -2.47. The maximum atomic E-state index is 13.7. The highest BCUT2D eigenvalue weighted by molar-refractivity contribution is 9.10. The quantitative estimate of drug-likeness (QED) is 0.625. The summed E-state index contributed by atoms with van der Waals surface area (Å²) in [6, 6.07) is 15.3. The number of halogens is 2. The summed E-state index contributed by atoms with van der Waals surface area (Å²) < 4.78 is 24.4. The topological polar surface area (TPSA) is 52.3 Å². The fourth-order valence-electron chi connectivity index (χ4n) is 2.00. The van der Waals surface area contributed by atoms with Gasteiger partial charge in [0.25, 0.3) is 0 Å². The highest BCUT2D eigenvalue weighted by Crippen LogP contribution is 2.20. The molecule has 4 nitrogen and oxygen atoms in total. The molecule has 3 aromatic rings. The van der Waals surface area contributed by atoms with Crippen LogP contribution in [-0.4, -0.2) is 11.1 Å². The molecule has 2 aromatic carbocycles. The van der Waals surface area contributed by atoms with Crippen molar-refractivity contribution in [2.45, 2.75) is 6.61 Å². The molecular weight excluding hydrogens is 365 g/mol. The second kappa shape index (κ2) is 6.75. The first-order chi connectivity index (χ1) is 11.1. The molecule has 0 spiro atoms. The number of ether oxygens (including phenoxy) is 1. The number of hydrogen-bond acceptors (Lipinski definition) is 4. The van der Waals surface area contributed by atoms with Crippen LogP contribution in [0.5, 0.6) is 0 Å². The van der Waals surface area contributed by atoms with Crippen molar-refractivity contribution >= 4 is 21.9 Å². The maximum absolute atomic E-state index is 13.7. The number of benzene rings is 2. The normalized spacial score (nSPS) is 10.5. The van der Waals surface area contributed by atoms with Crippen molar-refractivity contribution < 1.29 is 18.4 Å². The van der Waals surface area contributed by atoms with E-state index >= 15 is 0 Å². The Labute approximate surface area is 140 Å². The molecular formula is C17H11BrFNO3. The van der Waals surface area contributed by atoms with E-state index in [1.165, 1.54) is 12.1 Å². The largest absolute Gasteiger partial charge is 0.454 e. The van der Waals surface area contributed by atoms with Gasteiger partial charge in [0, 0.05) is 16.1 Å². The number of aromatic nitrogens is 1. The summed E-state index contributed by atoms with van der Waals surface area (Å²) in [5.41, 5.74) is 1.41. The molecule has 0 atom stereocenters. The van der Waals surface area contributed by atoms with Gasteiger partial charge in [0.05, 0.1) is 5.56 Å². The van der Waals surface area contributed by atoms with E-state index in [1.54, 1.807) is 12.1 Å². The van der Waals surface area contributed by atoms with Crippen molar-refractivity contribution in [3.63, 3.8) is 0 Å². The van der Waals surface area contributed by atoms with Crippen molar-refractivity contribution in [1.29, 1.82) is 0 Å². The van der Waals surface area contributed by atoms with Crippen molar-refractivity contribution in [3.05, 3.63) is 76.2 Å². The van der Waals surface area contributed by atoms with Crippen molar-refractivity contribution in [2.24, 2.45) is 0 Å². The van der Waals surface area contributed by atoms with Crippen LogP contribution in [0.3, 0.4) is 0 Å². The van der Waals surface area contributed by atoms with Gasteiger partial charge in [-0.15, -0.1) is 0 Å². The average molecular weight is 376 g/mol. The van der Waals surface area contributed by atoms with Crippen LogP contribution in [0.4, 0.5) is 4.39 Å². The van der Waals surface area contributed by atoms with Gasteiger partial charge < -0.3 is 9.26 Å². The monoisotopic (exact) mass is 375 g/mol. The first-order valence-electron chi connectivity index (χ1n) is 6.76. The van der Waals surface area contributed by atoms with E-state index in [-0.39, 0.29) is 12.2 Å². The lowest BCUT2D eigenvalue weighted by Crippen LogP contribution is -2.07. The summed E-state index contributed by atoms with van der Waals surface area (Å²) in [6.45, 7) is -0.117. The second-order valence-corrected chi connectivity index (χ2v) is 5.66. The van der Waals surface area contributed by atoms with Crippen molar-refractivity contribution in [3.8, 4) is 11.3 Å². The Kier molecular flexibility index (Phi) is 4.52. The molecule has 0 bridgehead atoms. The smallest absolute Gasteiger partial charge is 0.341 e. The van der Waals surface area contributed by atoms with Gasteiger partial charge >= 0.3 is 5.97 Å². The molecule has 0 aliphatic carbocycles. The van der Waals surface area contributed by atoms with Crippen LogP contribution in [0.15, 0.2) is 63.6 Å². The third-order valence-corrected chi connectivity index (χ3v) is 3.62. The van der Waals surface area contributed by atoms with Crippen LogP contribution < -0.4 is 0 Å². The van der Waals surface area contributed by atoms with Gasteiger partial charge in [-0.3, -0.25) is 0 Å². The molecule has 0 N–H and O–H groups in total. The zero-order valence-electron chi connectivity index (χ0n) is 11.8. The van der Waals surface area contributed by atoms with Gasteiger partial charge in [0.1, 0.15) is 11.5 Å².